The van der Waals surface area contributed by atoms with Crippen molar-refractivity contribution in [3.8, 4) is 0 Å². The van der Waals surface area contributed by atoms with Crippen LogP contribution in [0.3, 0.4) is 0 Å². The van der Waals surface area contributed by atoms with E-state index in [2.05, 4.69) is 10.3 Å². The first-order valence-corrected chi connectivity index (χ1v) is 10.6. The van der Waals surface area contributed by atoms with Gasteiger partial charge in [0, 0.05) is 13.1 Å². The molecule has 3 heterocycles. The number of nitrogens with zero attached hydrogens (tertiary/aromatic N) is 4. The number of furan rings is 1. The van der Waals surface area contributed by atoms with Gasteiger partial charge >= 0.3 is 5.69 Å². The summed E-state index contributed by atoms with van der Waals surface area (Å²) in [6.45, 7) is 5.76. The van der Waals surface area contributed by atoms with Gasteiger partial charge in [-0.15, -0.1) is 0 Å². The molecular weight excluding hydrogens is 402 g/mol. The molecule has 0 radical (unpaired) electrons. The molecule has 0 spiro atoms. The van der Waals surface area contributed by atoms with E-state index in [1.165, 1.54) is 10.8 Å². The Labute approximate surface area is 179 Å². The highest BCUT2D eigenvalue weighted by Gasteiger charge is 2.22. The number of aryl methyl sites for hydroxylation is 2. The summed E-state index contributed by atoms with van der Waals surface area (Å²) in [6.07, 6.45) is 3.78. The molecule has 0 aliphatic heterocycles. The van der Waals surface area contributed by atoms with Gasteiger partial charge in [-0.2, -0.15) is 0 Å². The molecule has 0 bridgehead atoms. The van der Waals surface area contributed by atoms with E-state index >= 15 is 0 Å². The van der Waals surface area contributed by atoms with Crippen molar-refractivity contribution in [1.82, 2.24) is 24.0 Å². The van der Waals surface area contributed by atoms with Gasteiger partial charge in [-0.25, -0.2) is 14.3 Å². The lowest BCUT2D eigenvalue weighted by atomic mass is 10.2. The molecule has 3 aromatic heterocycles. The molecule has 0 aromatic carbocycles. The average molecular weight is 431 g/mol. The molecule has 10 heteroatoms. The van der Waals surface area contributed by atoms with Gasteiger partial charge < -0.3 is 19.4 Å². The zero-order valence-corrected chi connectivity index (χ0v) is 18.1. The van der Waals surface area contributed by atoms with E-state index < -0.39 is 29.7 Å². The van der Waals surface area contributed by atoms with Crippen molar-refractivity contribution in [3.63, 3.8) is 0 Å². The molecule has 10 nitrogen and oxygen atoms in total. The molecule has 2 N–H and O–H groups in total. The third-order valence-electron chi connectivity index (χ3n) is 5.17. The first kappa shape index (κ1) is 22.5. The highest BCUT2D eigenvalue weighted by Crippen LogP contribution is 2.14. The normalized spacial score (nSPS) is 12.4. The Hall–Kier alpha value is -3.14. The Morgan fingerprint density at radius 2 is 1.97 bits per heavy atom. The smallest absolute Gasteiger partial charge is 0.333 e. The van der Waals surface area contributed by atoms with Crippen molar-refractivity contribution in [2.45, 2.75) is 72.3 Å². The van der Waals surface area contributed by atoms with Gasteiger partial charge in [0.25, 0.3) is 5.56 Å². The van der Waals surface area contributed by atoms with Crippen molar-refractivity contribution in [3.05, 3.63) is 50.8 Å². The highest BCUT2D eigenvalue weighted by atomic mass is 16.3. The molecule has 1 atom stereocenters. The molecule has 1 unspecified atom stereocenters. The number of unbranched alkanes of at least 4 members (excludes halogenated alkanes) is 1. The molecule has 0 saturated carbocycles. The molecule has 0 saturated heterocycles. The second kappa shape index (κ2) is 9.78. The fourth-order valence-corrected chi connectivity index (χ4v) is 3.62. The van der Waals surface area contributed by atoms with Crippen LogP contribution in [-0.4, -0.2) is 29.7 Å². The van der Waals surface area contributed by atoms with E-state index in [1.807, 2.05) is 13.8 Å². The van der Waals surface area contributed by atoms with E-state index in [9.17, 15) is 19.5 Å². The van der Waals surface area contributed by atoms with Crippen LogP contribution in [0.4, 0.5) is 0 Å². The van der Waals surface area contributed by atoms with Crippen LogP contribution in [0.15, 0.2) is 32.4 Å². The van der Waals surface area contributed by atoms with Crippen molar-refractivity contribution in [2.24, 2.45) is 0 Å². The second-order valence-electron chi connectivity index (χ2n) is 7.49. The van der Waals surface area contributed by atoms with Crippen LogP contribution in [0.2, 0.25) is 0 Å². The van der Waals surface area contributed by atoms with Crippen LogP contribution in [0.25, 0.3) is 11.2 Å². The van der Waals surface area contributed by atoms with Crippen molar-refractivity contribution >= 4 is 17.1 Å². The van der Waals surface area contributed by atoms with Crippen LogP contribution in [0.1, 0.15) is 57.7 Å². The lowest BCUT2D eigenvalue weighted by Crippen LogP contribution is -2.44. The number of hydrogen-bond acceptors (Lipinski definition) is 6. The van der Waals surface area contributed by atoms with Gasteiger partial charge in [0.1, 0.15) is 24.7 Å². The number of hydrogen-bond donors (Lipinski definition) is 2. The maximum absolute atomic E-state index is 13.3. The SMILES string of the molecule is CCCCn1c(=O)n(CC(=O)NC(C)c2ccco2)c(=O)c2c1nc(CO)n2CCC. The first-order valence-electron chi connectivity index (χ1n) is 10.6. The number of aliphatic hydroxyl groups excluding tert-OH is 1. The quantitative estimate of drug-likeness (QED) is 0.502. The zero-order chi connectivity index (χ0) is 22.5. The van der Waals surface area contributed by atoms with Gasteiger partial charge in [0.05, 0.1) is 12.3 Å². The fourth-order valence-electron chi connectivity index (χ4n) is 3.62. The standard InChI is InChI=1S/C21H29N5O5/c1-4-6-10-25-19-18(24(9-5-2)16(13-27)23-19)20(29)26(21(25)30)12-17(28)22-14(3)15-8-7-11-31-15/h7-8,11,14,27H,4-6,9-10,12-13H2,1-3H3,(H,22,28). The van der Waals surface area contributed by atoms with Gasteiger partial charge in [0.2, 0.25) is 5.91 Å². The topological polar surface area (TPSA) is 124 Å². The number of fused-ring (bicyclic) bond motifs is 1. The lowest BCUT2D eigenvalue weighted by molar-refractivity contribution is -0.122. The number of imidazole rings is 1. The molecular formula is C21H29N5O5. The monoisotopic (exact) mass is 431 g/mol. The Kier molecular flexibility index (Phi) is 7.11. The number of carbonyl (C=O) groups excluding carboxylic acids is 1. The maximum atomic E-state index is 13.3. The minimum Gasteiger partial charge on any atom is -0.467 e. The summed E-state index contributed by atoms with van der Waals surface area (Å²) in [7, 11) is 0. The first-order chi connectivity index (χ1) is 14.9. The summed E-state index contributed by atoms with van der Waals surface area (Å²) in [5.41, 5.74) is -0.693. The van der Waals surface area contributed by atoms with Crippen LogP contribution < -0.4 is 16.6 Å². The summed E-state index contributed by atoms with van der Waals surface area (Å²) in [5.74, 6) is 0.422. The van der Waals surface area contributed by atoms with Gasteiger partial charge in [-0.1, -0.05) is 20.3 Å². The molecule has 0 aliphatic carbocycles. The Morgan fingerprint density at radius 1 is 1.19 bits per heavy atom. The van der Waals surface area contributed by atoms with Crippen LogP contribution >= 0.6 is 0 Å². The van der Waals surface area contributed by atoms with E-state index in [1.54, 1.807) is 23.6 Å². The van der Waals surface area contributed by atoms with Crippen LogP contribution in [0, 0.1) is 0 Å². The number of rotatable bonds is 10. The lowest BCUT2D eigenvalue weighted by Gasteiger charge is -2.14. The molecule has 0 fully saturated rings. The summed E-state index contributed by atoms with van der Waals surface area (Å²) in [6, 6.07) is 3.05. The number of aromatic nitrogens is 4. The number of carbonyl (C=O) groups is 1. The minimum atomic E-state index is -0.589. The molecule has 168 valence electrons. The van der Waals surface area contributed by atoms with Crippen molar-refractivity contribution in [1.29, 1.82) is 0 Å². The third-order valence-corrected chi connectivity index (χ3v) is 5.17. The highest BCUT2D eigenvalue weighted by molar-refractivity contribution is 5.77. The van der Waals surface area contributed by atoms with E-state index in [-0.39, 0.29) is 17.8 Å². The fraction of sp³-hybridized carbons (Fsp3) is 0.524. The average Bonchev–Trinajstić information content (AvgIpc) is 3.40. The molecule has 31 heavy (non-hydrogen) atoms. The largest absolute Gasteiger partial charge is 0.467 e. The predicted molar refractivity (Wildman–Crippen MR) is 115 cm³/mol. The Morgan fingerprint density at radius 3 is 2.58 bits per heavy atom. The zero-order valence-electron chi connectivity index (χ0n) is 18.1. The third kappa shape index (κ3) is 4.48. The van der Waals surface area contributed by atoms with Crippen molar-refractivity contribution in [2.75, 3.05) is 0 Å². The van der Waals surface area contributed by atoms with E-state index in [0.717, 1.165) is 11.0 Å². The summed E-state index contributed by atoms with van der Waals surface area (Å²) in [5, 5.41) is 12.5. The molecule has 3 rings (SSSR count). The summed E-state index contributed by atoms with van der Waals surface area (Å²) in [4.78, 5) is 43.4. The predicted octanol–water partition coefficient (Wildman–Crippen LogP) is 1.53. The van der Waals surface area contributed by atoms with E-state index in [0.29, 0.717) is 37.5 Å². The van der Waals surface area contributed by atoms with Crippen molar-refractivity contribution < 1.29 is 14.3 Å². The summed E-state index contributed by atoms with van der Waals surface area (Å²) >= 11 is 0. The van der Waals surface area contributed by atoms with Gasteiger partial charge in [-0.3, -0.25) is 14.2 Å². The van der Waals surface area contributed by atoms with Crippen LogP contribution in [-0.2, 0) is 31.0 Å². The maximum Gasteiger partial charge on any atom is 0.333 e. The molecule has 0 aliphatic rings. The number of aliphatic hydroxyl groups is 1. The minimum absolute atomic E-state index is 0.230. The van der Waals surface area contributed by atoms with Gasteiger partial charge in [0.15, 0.2) is 11.2 Å². The van der Waals surface area contributed by atoms with Crippen LogP contribution in [0.5, 0.6) is 0 Å². The summed E-state index contributed by atoms with van der Waals surface area (Å²) < 4.78 is 9.29. The Bertz CT molecular complexity index is 1160. The number of amides is 1. The van der Waals surface area contributed by atoms with E-state index in [4.69, 9.17) is 4.42 Å². The second-order valence-corrected chi connectivity index (χ2v) is 7.49. The van der Waals surface area contributed by atoms with Gasteiger partial charge in [-0.05, 0) is 31.9 Å². The molecule has 3 aromatic rings. The Balaban J connectivity index is 2.07. The number of nitrogens with one attached hydrogen (secondary N) is 1. The molecule has 1 amide bonds.